The lowest BCUT2D eigenvalue weighted by molar-refractivity contribution is 0.482. The molecule has 2 aromatic rings. The van der Waals surface area contributed by atoms with E-state index in [9.17, 15) is 0 Å². The van der Waals surface area contributed by atoms with Gasteiger partial charge in [-0.25, -0.2) is 0 Å². The highest BCUT2D eigenvalue weighted by Crippen LogP contribution is 2.32. The molecule has 0 aliphatic heterocycles. The second-order valence-electron chi connectivity index (χ2n) is 3.25. The highest BCUT2D eigenvalue weighted by Gasteiger charge is 2.03. The second kappa shape index (κ2) is 5.87. The first-order chi connectivity index (χ1) is 8.06. The van der Waals surface area contributed by atoms with Crippen molar-refractivity contribution in [2.45, 2.75) is 0 Å². The van der Waals surface area contributed by atoms with E-state index in [1.54, 1.807) is 0 Å². The highest BCUT2D eigenvalue weighted by molar-refractivity contribution is 9.13. The lowest BCUT2D eigenvalue weighted by Crippen LogP contribution is -1.84. The maximum Gasteiger partial charge on any atom is 0.128 e. The lowest BCUT2D eigenvalue weighted by Gasteiger charge is -2.07. The SMILES string of the molecule is Br[13c]1[13cH][13cH][13c](O[13c]2[13cH][13cH][13c](Br)[13c](Br)[13cH]2)[13cH][13c]1Br. The van der Waals surface area contributed by atoms with E-state index in [0.29, 0.717) is 0 Å². The first-order valence-corrected chi connectivity index (χ1v) is 7.81. The Labute approximate surface area is 133 Å². The van der Waals surface area contributed by atoms with Crippen LogP contribution in [0.3, 0.4) is 0 Å². The molecule has 0 bridgehead atoms. The van der Waals surface area contributed by atoms with Gasteiger partial charge in [0.05, 0.1) is 0 Å². The fourth-order valence-corrected chi connectivity index (χ4v) is 2.43. The van der Waals surface area contributed by atoms with Gasteiger partial charge in [0.15, 0.2) is 0 Å². The third-order valence-corrected chi connectivity index (χ3v) is 5.78. The Balaban J connectivity index is 2.25. The molecule has 0 fully saturated rings. The highest BCUT2D eigenvalue weighted by atomic mass is 79.9. The predicted octanol–water partition coefficient (Wildman–Crippen LogP) is 6.53. The van der Waals surface area contributed by atoms with Crippen LogP contribution in [0.1, 0.15) is 0 Å². The van der Waals surface area contributed by atoms with Gasteiger partial charge in [-0.15, -0.1) is 0 Å². The van der Waals surface area contributed by atoms with E-state index >= 15 is 0 Å². The van der Waals surface area contributed by atoms with Gasteiger partial charge in [0.1, 0.15) is 11.5 Å². The van der Waals surface area contributed by atoms with Crippen LogP contribution in [0.2, 0.25) is 0 Å². The fourth-order valence-electron chi connectivity index (χ4n) is 1.22. The Morgan fingerprint density at radius 2 is 1.00 bits per heavy atom. The molecule has 0 amide bonds. The van der Waals surface area contributed by atoms with Crippen LogP contribution in [0, 0.1) is 0 Å². The van der Waals surface area contributed by atoms with E-state index in [1.165, 1.54) is 0 Å². The summed E-state index contributed by atoms with van der Waals surface area (Å²) in [5.41, 5.74) is 0. The molecule has 2 rings (SSSR count). The summed E-state index contributed by atoms with van der Waals surface area (Å²) in [7, 11) is 0. The first-order valence-electron chi connectivity index (χ1n) is 4.64. The molecule has 0 aliphatic carbocycles. The zero-order valence-electron chi connectivity index (χ0n) is 8.38. The van der Waals surface area contributed by atoms with Crippen LogP contribution in [0.25, 0.3) is 0 Å². The van der Waals surface area contributed by atoms with Gasteiger partial charge >= 0.3 is 0 Å². The van der Waals surface area contributed by atoms with Crippen LogP contribution in [0.5, 0.6) is 11.5 Å². The summed E-state index contributed by atoms with van der Waals surface area (Å²) in [5.74, 6) is 1.57. The van der Waals surface area contributed by atoms with Crippen molar-refractivity contribution in [3.05, 3.63) is 54.3 Å². The van der Waals surface area contributed by atoms with Crippen molar-refractivity contribution in [1.82, 2.24) is 0 Å². The van der Waals surface area contributed by atoms with Gasteiger partial charge in [-0.05, 0) is 100 Å². The fraction of sp³-hybridized carbons (Fsp3) is 0. The summed E-state index contributed by atoms with van der Waals surface area (Å²) in [5, 5.41) is 0. The standard InChI is InChI=1S/C12H6Br4O/c13-9-3-1-7(5-11(9)15)17-8-2-4-10(14)12(16)6-8/h1-6H/i1+1,2+1,3+1,4+1,5+1,6+1,7+1,8+1,9+1,10+1,11+1,12+1. The minimum absolute atomic E-state index is 0.786. The van der Waals surface area contributed by atoms with E-state index in [4.69, 9.17) is 4.74 Å². The van der Waals surface area contributed by atoms with Gasteiger partial charge in [-0.2, -0.15) is 0 Å². The molecule has 0 unspecified atom stereocenters. The largest absolute Gasteiger partial charge is 0.457 e. The summed E-state index contributed by atoms with van der Waals surface area (Å²) in [6.45, 7) is 0. The molecule has 5 heteroatoms. The normalized spacial score (nSPS) is 10.4. The lowest BCUT2D eigenvalue weighted by atomic mass is 11.3. The molecule has 0 heterocycles. The number of halogens is 4. The number of rotatable bonds is 2. The van der Waals surface area contributed by atoms with Crippen molar-refractivity contribution in [2.24, 2.45) is 0 Å². The molecule has 1 nitrogen and oxygen atoms in total. The zero-order valence-corrected chi connectivity index (χ0v) is 14.7. The molecular weight excluding hydrogens is 492 g/mol. The predicted molar refractivity (Wildman–Crippen MR) is 83.8 cm³/mol. The Morgan fingerprint density at radius 3 is 1.35 bits per heavy atom. The quantitative estimate of drug-likeness (QED) is 0.458. The van der Waals surface area contributed by atoms with E-state index in [0.717, 1.165) is 29.4 Å². The van der Waals surface area contributed by atoms with Crippen molar-refractivity contribution in [1.29, 1.82) is 0 Å². The third-order valence-electron chi connectivity index (χ3n) is 2.02. The average Bonchev–Trinajstić information content (AvgIpc) is 2.29. The smallest absolute Gasteiger partial charge is 0.128 e. The van der Waals surface area contributed by atoms with Crippen molar-refractivity contribution in [3.8, 4) is 11.5 Å². The molecule has 0 aliphatic rings. The number of hydrogen-bond donors (Lipinski definition) is 0. The summed E-state index contributed by atoms with van der Waals surface area (Å²) in [6, 6.07) is 11.5. The summed E-state index contributed by atoms with van der Waals surface area (Å²) in [4.78, 5) is 0. The molecule has 2 aromatic carbocycles. The van der Waals surface area contributed by atoms with Crippen LogP contribution >= 0.6 is 63.7 Å². The monoisotopic (exact) mass is 494 g/mol. The molecule has 17 heavy (non-hydrogen) atoms. The van der Waals surface area contributed by atoms with Crippen molar-refractivity contribution >= 4 is 63.7 Å². The summed E-state index contributed by atoms with van der Waals surface area (Å²) < 4.78 is 9.68. The Hall–Kier alpha value is 0.160. The first kappa shape index (κ1) is 13.6. The minimum Gasteiger partial charge on any atom is -0.457 e. The molecule has 0 atom stereocenters. The topological polar surface area (TPSA) is 9.23 Å². The van der Waals surface area contributed by atoms with Gasteiger partial charge in [0.25, 0.3) is 0 Å². The number of hydrogen-bond acceptors (Lipinski definition) is 1. The van der Waals surface area contributed by atoms with E-state index in [2.05, 4.69) is 63.7 Å². The van der Waals surface area contributed by atoms with Crippen molar-refractivity contribution in [2.75, 3.05) is 0 Å². The van der Waals surface area contributed by atoms with Crippen LogP contribution in [-0.2, 0) is 0 Å². The van der Waals surface area contributed by atoms with Gasteiger partial charge in [-0.3, -0.25) is 0 Å². The van der Waals surface area contributed by atoms with Crippen LogP contribution in [0.15, 0.2) is 54.3 Å². The summed E-state index contributed by atoms with van der Waals surface area (Å²) in [6.07, 6.45) is 0. The maximum absolute atomic E-state index is 5.75. The Bertz CT molecular complexity index is 505. The molecular formula is C12H6Br4O. The summed E-state index contributed by atoms with van der Waals surface area (Å²) >= 11 is 13.7. The average molecular weight is 498 g/mol. The van der Waals surface area contributed by atoms with E-state index in [-0.39, 0.29) is 0 Å². The second-order valence-corrected chi connectivity index (χ2v) is 6.67. The van der Waals surface area contributed by atoms with Crippen LogP contribution in [-0.4, -0.2) is 0 Å². The number of benzene rings is 2. The molecule has 0 radical (unpaired) electrons. The van der Waals surface area contributed by atoms with E-state index in [1.807, 2.05) is 36.4 Å². The Morgan fingerprint density at radius 1 is 0.588 bits per heavy atom. The van der Waals surface area contributed by atoms with Crippen LogP contribution < -0.4 is 4.74 Å². The maximum atomic E-state index is 5.75. The van der Waals surface area contributed by atoms with Crippen molar-refractivity contribution in [3.63, 3.8) is 0 Å². The molecule has 0 N–H and O–H groups in total. The molecule has 88 valence electrons. The Kier molecular flexibility index (Phi) is 4.69. The van der Waals surface area contributed by atoms with E-state index < -0.39 is 0 Å². The van der Waals surface area contributed by atoms with Gasteiger partial charge in [0.2, 0.25) is 0 Å². The number of ether oxygens (including phenoxy) is 1. The van der Waals surface area contributed by atoms with Gasteiger partial charge in [0, 0.05) is 17.9 Å². The molecule has 0 aromatic heterocycles. The third kappa shape index (κ3) is 3.56. The van der Waals surface area contributed by atoms with Crippen molar-refractivity contribution < 1.29 is 4.74 Å². The molecule has 0 spiro atoms. The zero-order chi connectivity index (χ0) is 12.4. The molecule has 0 saturated carbocycles. The van der Waals surface area contributed by atoms with Gasteiger partial charge < -0.3 is 4.74 Å². The minimum atomic E-state index is 0.786. The van der Waals surface area contributed by atoms with Gasteiger partial charge in [-0.1, -0.05) is 0 Å². The van der Waals surface area contributed by atoms with Crippen LogP contribution in [0.4, 0.5) is 0 Å². The molecule has 0 saturated heterocycles.